The fourth-order valence-electron chi connectivity index (χ4n) is 3.34. The van der Waals surface area contributed by atoms with E-state index < -0.39 is 0 Å². The lowest BCUT2D eigenvalue weighted by Crippen LogP contribution is -2.16. The zero-order chi connectivity index (χ0) is 14.1. The van der Waals surface area contributed by atoms with Gasteiger partial charge in [-0.3, -0.25) is 0 Å². The van der Waals surface area contributed by atoms with Crippen molar-refractivity contribution in [2.45, 2.75) is 25.8 Å². The zero-order valence-electron chi connectivity index (χ0n) is 12.2. The van der Waals surface area contributed by atoms with Crippen LogP contribution >= 0.6 is 11.8 Å². The Labute approximate surface area is 129 Å². The molecule has 2 aromatic heterocycles. The predicted octanol–water partition coefficient (Wildman–Crippen LogP) is 2.76. The van der Waals surface area contributed by atoms with Crippen molar-refractivity contribution in [1.29, 1.82) is 0 Å². The Morgan fingerprint density at radius 3 is 3.14 bits per heavy atom. The fraction of sp³-hybridized carbons (Fsp3) is 0.625. The van der Waals surface area contributed by atoms with Crippen molar-refractivity contribution < 1.29 is 4.74 Å². The maximum Gasteiger partial charge on any atom is 0.159 e. The van der Waals surface area contributed by atoms with Crippen LogP contribution in [-0.4, -0.2) is 39.3 Å². The van der Waals surface area contributed by atoms with E-state index >= 15 is 0 Å². The van der Waals surface area contributed by atoms with Gasteiger partial charge in [0.2, 0.25) is 0 Å². The lowest BCUT2D eigenvalue weighted by Gasteiger charge is -2.14. The van der Waals surface area contributed by atoms with Crippen molar-refractivity contribution in [3.8, 4) is 0 Å². The van der Waals surface area contributed by atoms with Gasteiger partial charge in [-0.1, -0.05) is 0 Å². The van der Waals surface area contributed by atoms with Gasteiger partial charge in [-0.25, -0.2) is 9.97 Å². The third kappa shape index (κ3) is 2.81. The number of nitrogens with zero attached hydrogens (tertiary/aromatic N) is 3. The molecule has 0 bridgehead atoms. The monoisotopic (exact) mass is 303 g/mol. The van der Waals surface area contributed by atoms with Crippen LogP contribution in [0.25, 0.3) is 11.2 Å². The maximum absolute atomic E-state index is 5.52. The van der Waals surface area contributed by atoms with Crippen molar-refractivity contribution in [2.75, 3.05) is 24.7 Å². The standard InChI is InChI=1S/C16H21N3OS/c1-2-14-16(17-5-1)19(9-13-4-7-21-11-13)15(18-14)8-12-3-6-20-10-12/h1-2,5,12-13H,3-4,6-11H2. The second-order valence-electron chi connectivity index (χ2n) is 6.15. The highest BCUT2D eigenvalue weighted by atomic mass is 32.2. The molecule has 0 aliphatic carbocycles. The second-order valence-corrected chi connectivity index (χ2v) is 7.30. The smallest absolute Gasteiger partial charge is 0.159 e. The molecular weight excluding hydrogens is 282 g/mol. The van der Waals surface area contributed by atoms with E-state index in [0.29, 0.717) is 5.92 Å². The van der Waals surface area contributed by atoms with E-state index in [9.17, 15) is 0 Å². The first-order valence-corrected chi connectivity index (χ1v) is 9.01. The van der Waals surface area contributed by atoms with Crippen LogP contribution < -0.4 is 0 Å². The summed E-state index contributed by atoms with van der Waals surface area (Å²) in [6, 6.07) is 4.06. The van der Waals surface area contributed by atoms with Gasteiger partial charge in [-0.15, -0.1) is 0 Å². The van der Waals surface area contributed by atoms with Gasteiger partial charge in [-0.05, 0) is 48.3 Å². The number of imidazole rings is 1. The molecule has 5 heteroatoms. The number of thioether (sulfide) groups is 1. The van der Waals surface area contributed by atoms with Gasteiger partial charge in [0.1, 0.15) is 11.3 Å². The first-order valence-electron chi connectivity index (χ1n) is 7.86. The van der Waals surface area contributed by atoms with Crippen molar-refractivity contribution in [3.05, 3.63) is 24.2 Å². The first kappa shape index (κ1) is 13.6. The van der Waals surface area contributed by atoms with Crippen molar-refractivity contribution in [2.24, 2.45) is 11.8 Å². The van der Waals surface area contributed by atoms with Crippen LogP contribution in [-0.2, 0) is 17.7 Å². The van der Waals surface area contributed by atoms with Gasteiger partial charge < -0.3 is 9.30 Å². The summed E-state index contributed by atoms with van der Waals surface area (Å²) in [5, 5.41) is 0. The molecule has 0 N–H and O–H groups in total. The quantitative estimate of drug-likeness (QED) is 0.871. The van der Waals surface area contributed by atoms with Crippen LogP contribution in [0.15, 0.2) is 18.3 Å². The van der Waals surface area contributed by atoms with Crippen LogP contribution in [0.3, 0.4) is 0 Å². The molecule has 0 spiro atoms. The van der Waals surface area contributed by atoms with Crippen LogP contribution in [0.5, 0.6) is 0 Å². The number of hydrogen-bond donors (Lipinski definition) is 0. The summed E-state index contributed by atoms with van der Waals surface area (Å²) in [5.41, 5.74) is 2.10. The van der Waals surface area contributed by atoms with E-state index in [0.717, 1.165) is 49.7 Å². The number of fused-ring (bicyclic) bond motifs is 1. The summed E-state index contributed by atoms with van der Waals surface area (Å²) in [7, 11) is 0. The Kier molecular flexibility index (Phi) is 3.86. The molecular formula is C16H21N3OS. The second kappa shape index (κ2) is 5.97. The molecule has 4 nitrogen and oxygen atoms in total. The minimum absolute atomic E-state index is 0.624. The highest BCUT2D eigenvalue weighted by molar-refractivity contribution is 7.99. The van der Waals surface area contributed by atoms with E-state index in [4.69, 9.17) is 9.72 Å². The predicted molar refractivity (Wildman–Crippen MR) is 85.6 cm³/mol. The summed E-state index contributed by atoms with van der Waals surface area (Å²) in [6.07, 6.45) is 5.39. The molecule has 0 amide bonds. The lowest BCUT2D eigenvalue weighted by molar-refractivity contribution is 0.185. The molecule has 2 atom stereocenters. The number of rotatable bonds is 4. The van der Waals surface area contributed by atoms with E-state index in [-0.39, 0.29) is 0 Å². The normalized spacial score (nSPS) is 25.9. The molecule has 2 fully saturated rings. The number of aromatic nitrogens is 3. The Balaban J connectivity index is 1.65. The number of hydrogen-bond acceptors (Lipinski definition) is 4. The Morgan fingerprint density at radius 1 is 1.33 bits per heavy atom. The minimum Gasteiger partial charge on any atom is -0.381 e. The topological polar surface area (TPSA) is 39.9 Å². The van der Waals surface area contributed by atoms with Gasteiger partial charge in [-0.2, -0.15) is 11.8 Å². The molecule has 112 valence electrons. The lowest BCUT2D eigenvalue weighted by atomic mass is 10.0. The molecule has 21 heavy (non-hydrogen) atoms. The third-order valence-electron chi connectivity index (χ3n) is 4.54. The van der Waals surface area contributed by atoms with Crippen LogP contribution in [0.4, 0.5) is 0 Å². The highest BCUT2D eigenvalue weighted by Crippen LogP contribution is 2.28. The summed E-state index contributed by atoms with van der Waals surface area (Å²) in [6.45, 7) is 2.86. The summed E-state index contributed by atoms with van der Waals surface area (Å²) in [4.78, 5) is 9.44. The molecule has 0 radical (unpaired) electrons. The van der Waals surface area contributed by atoms with Gasteiger partial charge in [0.15, 0.2) is 5.65 Å². The largest absolute Gasteiger partial charge is 0.381 e. The molecule has 4 rings (SSSR count). The molecule has 0 saturated carbocycles. The fourth-order valence-corrected chi connectivity index (χ4v) is 4.61. The van der Waals surface area contributed by atoms with Gasteiger partial charge in [0.05, 0.1) is 0 Å². The van der Waals surface area contributed by atoms with Crippen molar-refractivity contribution >= 4 is 22.9 Å². The van der Waals surface area contributed by atoms with Crippen molar-refractivity contribution in [1.82, 2.24) is 14.5 Å². The van der Waals surface area contributed by atoms with E-state index in [2.05, 4.69) is 27.4 Å². The average molecular weight is 303 g/mol. The van der Waals surface area contributed by atoms with Crippen LogP contribution in [0.1, 0.15) is 18.7 Å². The molecule has 2 saturated heterocycles. The van der Waals surface area contributed by atoms with E-state index in [1.54, 1.807) is 0 Å². The summed E-state index contributed by atoms with van der Waals surface area (Å²) >= 11 is 2.07. The molecule has 2 aliphatic rings. The molecule has 0 aromatic carbocycles. The number of pyridine rings is 1. The van der Waals surface area contributed by atoms with E-state index in [1.807, 2.05) is 12.3 Å². The van der Waals surface area contributed by atoms with Crippen LogP contribution in [0, 0.1) is 11.8 Å². The van der Waals surface area contributed by atoms with Gasteiger partial charge in [0, 0.05) is 32.4 Å². The Morgan fingerprint density at radius 2 is 2.33 bits per heavy atom. The SMILES string of the molecule is c1cnc2c(c1)nc(CC1CCOC1)n2CC1CCSC1. The summed E-state index contributed by atoms with van der Waals surface area (Å²) in [5.74, 6) is 5.18. The zero-order valence-corrected chi connectivity index (χ0v) is 13.0. The Hall–Kier alpha value is -1.07. The third-order valence-corrected chi connectivity index (χ3v) is 5.77. The van der Waals surface area contributed by atoms with Crippen LogP contribution in [0.2, 0.25) is 0 Å². The van der Waals surface area contributed by atoms with Gasteiger partial charge in [0.25, 0.3) is 0 Å². The molecule has 2 unspecified atom stereocenters. The molecule has 2 aromatic rings. The minimum atomic E-state index is 0.624. The van der Waals surface area contributed by atoms with E-state index in [1.165, 1.54) is 23.8 Å². The first-order chi connectivity index (χ1) is 10.4. The van der Waals surface area contributed by atoms with Gasteiger partial charge >= 0.3 is 0 Å². The maximum atomic E-state index is 5.52. The van der Waals surface area contributed by atoms with Crippen molar-refractivity contribution in [3.63, 3.8) is 0 Å². The summed E-state index contributed by atoms with van der Waals surface area (Å²) < 4.78 is 7.90. The average Bonchev–Trinajstić information content (AvgIpc) is 3.23. The molecule has 4 heterocycles. The number of ether oxygens (including phenoxy) is 1. The Bertz CT molecular complexity index is 615. The highest BCUT2D eigenvalue weighted by Gasteiger charge is 2.23. The molecule has 2 aliphatic heterocycles.